The molecule has 4 aliphatic rings. The van der Waals surface area contributed by atoms with E-state index in [0.29, 0.717) is 22.7 Å². The second kappa shape index (κ2) is 7.84. The fourth-order valence-corrected chi connectivity index (χ4v) is 9.02. The summed E-state index contributed by atoms with van der Waals surface area (Å²) in [6.45, 7) is 9.56. The number of fused-ring (bicyclic) bond motifs is 5. The SMILES string of the molecule is COC(=O)[C@H](CC(C)C)[C@H]1CC[C@H]2[C@@H]3CC[C@H]4C[C@@H](O)CC[C@]4(C)[C@H]3CC[C@]12C. The molecular weight excluding hydrogens is 360 g/mol. The Morgan fingerprint density at radius 1 is 1.00 bits per heavy atom. The number of hydrogen-bond donors (Lipinski definition) is 1. The number of rotatable bonds is 4. The molecule has 0 spiro atoms. The molecule has 4 aliphatic carbocycles. The van der Waals surface area contributed by atoms with E-state index in [9.17, 15) is 9.90 Å². The normalized spacial score (nSPS) is 47.8. The Hall–Kier alpha value is -0.570. The van der Waals surface area contributed by atoms with Gasteiger partial charge in [0.25, 0.3) is 0 Å². The molecule has 3 heteroatoms. The number of methoxy groups -OCH3 is 1. The first-order chi connectivity index (χ1) is 13.7. The molecule has 0 bridgehead atoms. The number of aliphatic hydroxyl groups excluding tert-OH is 1. The molecule has 0 aromatic heterocycles. The zero-order valence-corrected chi connectivity index (χ0v) is 19.5. The quantitative estimate of drug-likeness (QED) is 0.599. The van der Waals surface area contributed by atoms with Crippen LogP contribution in [0, 0.1) is 52.3 Å². The number of hydrogen-bond acceptors (Lipinski definition) is 3. The lowest BCUT2D eigenvalue weighted by atomic mass is 9.44. The van der Waals surface area contributed by atoms with Crippen LogP contribution in [0.1, 0.15) is 91.9 Å². The van der Waals surface area contributed by atoms with E-state index in [2.05, 4.69) is 27.7 Å². The smallest absolute Gasteiger partial charge is 0.308 e. The molecule has 0 radical (unpaired) electrons. The molecule has 9 atom stereocenters. The van der Waals surface area contributed by atoms with Crippen molar-refractivity contribution in [3.63, 3.8) is 0 Å². The summed E-state index contributed by atoms with van der Waals surface area (Å²) in [7, 11) is 1.57. The fourth-order valence-electron chi connectivity index (χ4n) is 9.02. The van der Waals surface area contributed by atoms with Crippen LogP contribution in [0.4, 0.5) is 0 Å². The molecule has 4 rings (SSSR count). The number of carbonyl (C=O) groups excluding carboxylic acids is 1. The lowest BCUT2D eigenvalue weighted by Crippen LogP contribution is -2.54. The molecule has 0 aromatic carbocycles. The third-order valence-corrected chi connectivity index (χ3v) is 10.4. The molecule has 0 saturated heterocycles. The molecule has 29 heavy (non-hydrogen) atoms. The van der Waals surface area contributed by atoms with Gasteiger partial charge in [0.05, 0.1) is 19.1 Å². The van der Waals surface area contributed by atoms with Gasteiger partial charge in [0.15, 0.2) is 0 Å². The Kier molecular flexibility index (Phi) is 5.86. The largest absolute Gasteiger partial charge is 0.469 e. The molecule has 0 amide bonds. The van der Waals surface area contributed by atoms with Crippen molar-refractivity contribution in [2.75, 3.05) is 7.11 Å². The van der Waals surface area contributed by atoms with E-state index in [0.717, 1.165) is 42.9 Å². The maximum Gasteiger partial charge on any atom is 0.308 e. The summed E-state index contributed by atoms with van der Waals surface area (Å²) in [5, 5.41) is 10.2. The van der Waals surface area contributed by atoms with E-state index in [4.69, 9.17) is 4.74 Å². The maximum absolute atomic E-state index is 12.8. The highest BCUT2D eigenvalue weighted by Crippen LogP contribution is 2.68. The maximum atomic E-state index is 12.8. The van der Waals surface area contributed by atoms with Gasteiger partial charge in [0, 0.05) is 0 Å². The van der Waals surface area contributed by atoms with Crippen molar-refractivity contribution in [2.24, 2.45) is 52.3 Å². The number of ether oxygens (including phenoxy) is 1. The van der Waals surface area contributed by atoms with Crippen molar-refractivity contribution in [3.05, 3.63) is 0 Å². The van der Waals surface area contributed by atoms with Crippen molar-refractivity contribution < 1.29 is 14.6 Å². The predicted octanol–water partition coefficient (Wildman–Crippen LogP) is 5.84. The Morgan fingerprint density at radius 3 is 2.38 bits per heavy atom. The van der Waals surface area contributed by atoms with E-state index in [1.54, 1.807) is 7.11 Å². The highest BCUT2D eigenvalue weighted by atomic mass is 16.5. The van der Waals surface area contributed by atoms with Gasteiger partial charge < -0.3 is 9.84 Å². The highest BCUT2D eigenvalue weighted by molar-refractivity contribution is 5.72. The van der Waals surface area contributed by atoms with Gasteiger partial charge in [-0.05, 0) is 111 Å². The van der Waals surface area contributed by atoms with Crippen molar-refractivity contribution in [3.8, 4) is 0 Å². The van der Waals surface area contributed by atoms with Gasteiger partial charge in [-0.25, -0.2) is 0 Å². The van der Waals surface area contributed by atoms with Crippen LogP contribution in [0.25, 0.3) is 0 Å². The molecule has 3 nitrogen and oxygen atoms in total. The first kappa shape index (κ1) is 21.7. The second-order valence-corrected chi connectivity index (χ2v) is 12.1. The van der Waals surface area contributed by atoms with Crippen LogP contribution in [-0.4, -0.2) is 24.3 Å². The van der Waals surface area contributed by atoms with Gasteiger partial charge in [-0.1, -0.05) is 27.7 Å². The minimum atomic E-state index is -0.0637. The van der Waals surface area contributed by atoms with Gasteiger partial charge >= 0.3 is 5.97 Å². The average Bonchev–Trinajstić information content (AvgIpc) is 3.03. The number of esters is 1. The van der Waals surface area contributed by atoms with E-state index in [1.807, 2.05) is 0 Å². The molecule has 166 valence electrons. The van der Waals surface area contributed by atoms with E-state index in [-0.39, 0.29) is 18.0 Å². The molecule has 4 saturated carbocycles. The zero-order valence-electron chi connectivity index (χ0n) is 19.5. The van der Waals surface area contributed by atoms with E-state index in [1.165, 1.54) is 44.9 Å². The monoisotopic (exact) mass is 404 g/mol. The average molecular weight is 405 g/mol. The fraction of sp³-hybridized carbons (Fsp3) is 0.962. The van der Waals surface area contributed by atoms with Crippen LogP contribution in [0.2, 0.25) is 0 Å². The van der Waals surface area contributed by atoms with Crippen molar-refractivity contribution >= 4 is 5.97 Å². The zero-order chi connectivity index (χ0) is 21.0. The third kappa shape index (κ3) is 3.48. The molecule has 4 fully saturated rings. The Morgan fingerprint density at radius 2 is 1.69 bits per heavy atom. The summed E-state index contributed by atoms with van der Waals surface area (Å²) in [5.74, 6) is 4.27. The third-order valence-electron chi connectivity index (χ3n) is 10.4. The van der Waals surface area contributed by atoms with Crippen LogP contribution in [0.3, 0.4) is 0 Å². The second-order valence-electron chi connectivity index (χ2n) is 12.1. The summed E-state index contributed by atoms with van der Waals surface area (Å²) in [5.41, 5.74) is 0.730. The van der Waals surface area contributed by atoms with Gasteiger partial charge in [-0.3, -0.25) is 4.79 Å². The molecule has 1 N–H and O–H groups in total. The lowest BCUT2D eigenvalue weighted by Gasteiger charge is -2.61. The molecule has 0 unspecified atom stereocenters. The van der Waals surface area contributed by atoms with Gasteiger partial charge in [0.1, 0.15) is 0 Å². The summed E-state index contributed by atoms with van der Waals surface area (Å²) >= 11 is 0. The Balaban J connectivity index is 1.57. The Labute approximate surface area is 178 Å². The summed E-state index contributed by atoms with van der Waals surface area (Å²) in [6, 6.07) is 0. The predicted molar refractivity (Wildman–Crippen MR) is 116 cm³/mol. The van der Waals surface area contributed by atoms with E-state index < -0.39 is 0 Å². The summed E-state index contributed by atoms with van der Waals surface area (Å²) < 4.78 is 5.29. The van der Waals surface area contributed by atoms with E-state index >= 15 is 0 Å². The number of aliphatic hydroxyl groups is 1. The van der Waals surface area contributed by atoms with Crippen LogP contribution >= 0.6 is 0 Å². The van der Waals surface area contributed by atoms with Crippen molar-refractivity contribution in [2.45, 2.75) is 98.0 Å². The Bertz CT molecular complexity index is 615. The number of carbonyl (C=O) groups is 1. The van der Waals surface area contributed by atoms with Crippen LogP contribution < -0.4 is 0 Å². The minimum Gasteiger partial charge on any atom is -0.469 e. The first-order valence-electron chi connectivity index (χ1n) is 12.5. The van der Waals surface area contributed by atoms with Crippen molar-refractivity contribution in [1.29, 1.82) is 0 Å². The minimum absolute atomic E-state index is 0.0321. The first-order valence-corrected chi connectivity index (χ1v) is 12.5. The van der Waals surface area contributed by atoms with Gasteiger partial charge in [0.2, 0.25) is 0 Å². The van der Waals surface area contributed by atoms with Crippen molar-refractivity contribution in [1.82, 2.24) is 0 Å². The summed E-state index contributed by atoms with van der Waals surface area (Å²) in [6.07, 6.45) is 11.9. The van der Waals surface area contributed by atoms with Crippen LogP contribution in [0.15, 0.2) is 0 Å². The standard InChI is InChI=1S/C26H44O3/c1-16(2)14-20(24(28)29-5)22-9-8-21-19-7-6-17-15-18(27)10-12-25(17,3)23(19)11-13-26(21,22)4/h16-23,27H,6-15H2,1-5H3/t17-,18-,19-,20+,21-,22+,23-,25-,26-/m0/s1. The lowest BCUT2D eigenvalue weighted by molar-refractivity contribution is -0.155. The van der Waals surface area contributed by atoms with Crippen LogP contribution in [0.5, 0.6) is 0 Å². The molecule has 0 aromatic rings. The summed E-state index contributed by atoms with van der Waals surface area (Å²) in [4.78, 5) is 12.8. The topological polar surface area (TPSA) is 46.5 Å². The van der Waals surface area contributed by atoms with Crippen LogP contribution in [-0.2, 0) is 9.53 Å². The highest BCUT2D eigenvalue weighted by Gasteiger charge is 2.61. The molecule has 0 heterocycles. The van der Waals surface area contributed by atoms with Gasteiger partial charge in [-0.15, -0.1) is 0 Å². The molecule has 0 aliphatic heterocycles. The van der Waals surface area contributed by atoms with Gasteiger partial charge in [-0.2, -0.15) is 0 Å². The molecular formula is C26H44O3.